The summed E-state index contributed by atoms with van der Waals surface area (Å²) >= 11 is 0. The van der Waals surface area contributed by atoms with Crippen molar-refractivity contribution in [2.45, 2.75) is 154 Å². The van der Waals surface area contributed by atoms with Crippen molar-refractivity contribution in [3.05, 3.63) is 35.5 Å². The molecule has 2 saturated heterocycles. The molecule has 0 aromatic heterocycles. The third kappa shape index (κ3) is 10.4. The maximum atomic E-state index is 14.2. The molecule has 0 aromatic rings. The number of fused-ring (bicyclic) bond motifs is 3. The third-order valence-corrected chi connectivity index (χ3v) is 12.1. The molecule has 0 spiro atoms. The van der Waals surface area contributed by atoms with E-state index in [1.807, 2.05) is 39.8 Å². The first kappa shape index (κ1) is 44.0. The highest BCUT2D eigenvalue weighted by Crippen LogP contribution is 2.39. The maximum absolute atomic E-state index is 14.2. The van der Waals surface area contributed by atoms with Gasteiger partial charge in [0.05, 0.1) is 24.4 Å². The fraction of sp³-hybridized carbons (Fsp3) is 0.762. The first-order valence-corrected chi connectivity index (χ1v) is 20.0. The fourth-order valence-corrected chi connectivity index (χ4v) is 8.84. The minimum atomic E-state index is -2.48. The number of allylic oxidation sites excluding steroid dienone is 4. The lowest BCUT2D eigenvalue weighted by Gasteiger charge is -2.47. The van der Waals surface area contributed by atoms with Gasteiger partial charge in [-0.3, -0.25) is 14.4 Å². The second-order valence-corrected chi connectivity index (χ2v) is 16.5. The summed E-state index contributed by atoms with van der Waals surface area (Å²) in [5.41, 5.74) is 1.75. The van der Waals surface area contributed by atoms with Crippen LogP contribution in [0.1, 0.15) is 106 Å². The van der Waals surface area contributed by atoms with E-state index in [1.165, 1.54) is 19.1 Å². The molecule has 13 atom stereocenters. The van der Waals surface area contributed by atoms with Gasteiger partial charge >= 0.3 is 5.97 Å². The predicted molar refractivity (Wildman–Crippen MR) is 202 cm³/mol. The summed E-state index contributed by atoms with van der Waals surface area (Å²) in [6.45, 7) is 11.5. The molecule has 1 amide bonds. The van der Waals surface area contributed by atoms with Crippen LogP contribution in [0.15, 0.2) is 35.5 Å². The van der Waals surface area contributed by atoms with Gasteiger partial charge in [0, 0.05) is 38.5 Å². The van der Waals surface area contributed by atoms with E-state index in [0.717, 1.165) is 5.57 Å². The summed E-state index contributed by atoms with van der Waals surface area (Å²) in [6, 6.07) is -1.08. The van der Waals surface area contributed by atoms with Crippen LogP contribution in [0.5, 0.6) is 0 Å². The number of aliphatic hydroxyl groups excluding tert-OH is 2. The zero-order valence-electron chi connectivity index (χ0n) is 33.6. The Hall–Kier alpha value is -2.74. The van der Waals surface area contributed by atoms with Gasteiger partial charge in [0.15, 0.2) is 5.78 Å². The van der Waals surface area contributed by atoms with Gasteiger partial charge in [0.25, 0.3) is 11.7 Å². The van der Waals surface area contributed by atoms with E-state index >= 15 is 0 Å². The maximum Gasteiger partial charge on any atom is 0.329 e. The van der Waals surface area contributed by atoms with Gasteiger partial charge in [0.2, 0.25) is 5.79 Å². The molecule has 4 aliphatic rings. The standard InChI is InChI=1S/C42H65NO11/c1-9-30-19-24(2)18-25(3)20-35(51-7)38-36(52-8)22-28(6)42(50,54-38)39(47)40(48)43-17-11-10-12-31(43)41(49)53-37(26(4)13-15-32(30)44)27(5)21-29-14-16-33(45)34(46)23-29/h13,15,19,21,25-26,28-31,33-38,45-46,50H,9-12,14,16-18,20,22-23H2,1-8H3/b15-13+,24-19+,27-21?. The van der Waals surface area contributed by atoms with Crippen LogP contribution >= 0.6 is 0 Å². The lowest BCUT2D eigenvalue weighted by molar-refractivity contribution is -0.302. The van der Waals surface area contributed by atoms with Crippen molar-refractivity contribution < 1.29 is 53.4 Å². The number of esters is 1. The Morgan fingerprint density at radius 3 is 2.31 bits per heavy atom. The summed E-state index contributed by atoms with van der Waals surface area (Å²) < 4.78 is 24.2. The largest absolute Gasteiger partial charge is 0.456 e. The molecule has 1 aliphatic carbocycles. The number of carbonyl (C=O) groups excluding carboxylic acids is 4. The average Bonchev–Trinajstić information content (AvgIpc) is 3.15. The van der Waals surface area contributed by atoms with Crippen LogP contribution < -0.4 is 0 Å². The molecule has 54 heavy (non-hydrogen) atoms. The molecular formula is C42H65NO11. The Kier molecular flexibility index (Phi) is 15.8. The summed E-state index contributed by atoms with van der Waals surface area (Å²) in [6.07, 6.45) is 7.69. The van der Waals surface area contributed by atoms with Gasteiger partial charge < -0.3 is 39.2 Å². The van der Waals surface area contributed by atoms with Crippen LogP contribution in [0.3, 0.4) is 0 Å². The lowest BCUT2D eigenvalue weighted by Crippen LogP contribution is -2.64. The number of nitrogens with zero attached hydrogens (tertiary/aromatic N) is 1. The van der Waals surface area contributed by atoms with Crippen LogP contribution in [0, 0.1) is 29.6 Å². The number of ether oxygens (including phenoxy) is 4. The number of Topliss-reactive ketones (excluding diaryl/α,β-unsaturated/α-hetero) is 1. The molecule has 12 nitrogen and oxygen atoms in total. The quantitative estimate of drug-likeness (QED) is 0.203. The van der Waals surface area contributed by atoms with Crippen molar-refractivity contribution in [1.29, 1.82) is 0 Å². The average molecular weight is 760 g/mol. The van der Waals surface area contributed by atoms with Crippen molar-refractivity contribution >= 4 is 23.4 Å². The Bertz CT molecular complexity index is 1420. The first-order chi connectivity index (χ1) is 25.5. The lowest BCUT2D eigenvalue weighted by atomic mass is 9.82. The van der Waals surface area contributed by atoms with Gasteiger partial charge in [-0.15, -0.1) is 0 Å². The molecule has 3 fully saturated rings. The summed E-state index contributed by atoms with van der Waals surface area (Å²) in [4.78, 5) is 57.3. The molecule has 3 aliphatic heterocycles. The Morgan fingerprint density at radius 1 is 0.981 bits per heavy atom. The number of cyclic esters (lactones) is 1. The SMILES string of the molecule is CCC1/C=C(\C)CC(C)CC(OC)C2OC(O)(C(=O)C(=O)N3CCCCC3C(=O)OC(C(C)=CC3CCC(O)C(O)C3)C(C)/C=C/C1=O)C(C)CC2OC. The smallest absolute Gasteiger partial charge is 0.329 e. The molecule has 304 valence electrons. The van der Waals surface area contributed by atoms with E-state index in [2.05, 4.69) is 6.92 Å². The number of piperidine rings is 1. The molecule has 0 radical (unpaired) electrons. The number of ketones is 2. The molecule has 4 rings (SSSR count). The monoisotopic (exact) mass is 759 g/mol. The number of hydrogen-bond donors (Lipinski definition) is 3. The summed E-state index contributed by atoms with van der Waals surface area (Å²) in [7, 11) is 3.08. The number of amides is 1. The van der Waals surface area contributed by atoms with Gasteiger partial charge in [-0.1, -0.05) is 51.5 Å². The van der Waals surface area contributed by atoms with E-state index in [4.69, 9.17) is 18.9 Å². The number of methoxy groups -OCH3 is 2. The van der Waals surface area contributed by atoms with Crippen LogP contribution in [-0.4, -0.2) is 113 Å². The molecule has 13 unspecified atom stereocenters. The Labute approximate surface area is 321 Å². The molecular weight excluding hydrogens is 694 g/mol. The zero-order valence-corrected chi connectivity index (χ0v) is 33.6. The number of aliphatic hydroxyl groups is 3. The van der Waals surface area contributed by atoms with Crippen LogP contribution in [-0.2, 0) is 38.1 Å². The van der Waals surface area contributed by atoms with Gasteiger partial charge in [-0.2, -0.15) is 0 Å². The second-order valence-electron chi connectivity index (χ2n) is 16.5. The van der Waals surface area contributed by atoms with Crippen LogP contribution in [0.25, 0.3) is 0 Å². The zero-order chi connectivity index (χ0) is 39.9. The summed E-state index contributed by atoms with van der Waals surface area (Å²) in [5.74, 6) is -7.01. The van der Waals surface area contributed by atoms with E-state index in [1.54, 1.807) is 19.1 Å². The normalized spacial score (nSPS) is 41.6. The number of hydrogen-bond acceptors (Lipinski definition) is 11. The molecule has 12 heteroatoms. The highest BCUT2D eigenvalue weighted by molar-refractivity contribution is 6.39. The van der Waals surface area contributed by atoms with Crippen molar-refractivity contribution in [2.75, 3.05) is 20.8 Å². The van der Waals surface area contributed by atoms with Crippen molar-refractivity contribution in [2.24, 2.45) is 29.6 Å². The highest BCUT2D eigenvalue weighted by Gasteiger charge is 2.56. The molecule has 0 aromatic carbocycles. The van der Waals surface area contributed by atoms with Gasteiger partial charge in [0.1, 0.15) is 18.2 Å². The minimum Gasteiger partial charge on any atom is -0.456 e. The van der Waals surface area contributed by atoms with Crippen LogP contribution in [0.4, 0.5) is 0 Å². The highest BCUT2D eigenvalue weighted by atomic mass is 16.7. The van der Waals surface area contributed by atoms with Crippen molar-refractivity contribution in [3.63, 3.8) is 0 Å². The molecule has 2 bridgehead atoms. The molecule has 3 N–H and O–H groups in total. The van der Waals surface area contributed by atoms with Crippen LogP contribution in [0.2, 0.25) is 0 Å². The predicted octanol–water partition coefficient (Wildman–Crippen LogP) is 4.62. The number of carbonyl (C=O) groups is 4. The fourth-order valence-electron chi connectivity index (χ4n) is 8.84. The van der Waals surface area contributed by atoms with E-state index < -0.39 is 77.9 Å². The van der Waals surface area contributed by atoms with E-state index in [9.17, 15) is 34.5 Å². The molecule has 1 saturated carbocycles. The van der Waals surface area contributed by atoms with Gasteiger partial charge in [-0.05, 0) is 102 Å². The minimum absolute atomic E-state index is 0.0622. The Balaban J connectivity index is 1.76. The van der Waals surface area contributed by atoms with Crippen molar-refractivity contribution in [1.82, 2.24) is 4.90 Å². The van der Waals surface area contributed by atoms with Crippen molar-refractivity contribution in [3.8, 4) is 0 Å². The Morgan fingerprint density at radius 2 is 1.67 bits per heavy atom. The summed E-state index contributed by atoms with van der Waals surface area (Å²) in [5, 5.41) is 32.4. The first-order valence-electron chi connectivity index (χ1n) is 20.0. The topological polar surface area (TPSA) is 169 Å². The van der Waals surface area contributed by atoms with E-state index in [0.29, 0.717) is 56.9 Å². The third-order valence-electron chi connectivity index (χ3n) is 12.1. The van der Waals surface area contributed by atoms with E-state index in [-0.39, 0.29) is 42.9 Å². The number of rotatable bonds is 5. The molecule has 3 heterocycles. The second kappa shape index (κ2) is 19.4. The van der Waals surface area contributed by atoms with Gasteiger partial charge in [-0.25, -0.2) is 4.79 Å².